The first-order chi connectivity index (χ1) is 12.6. The highest BCUT2D eigenvalue weighted by molar-refractivity contribution is 6.30. The summed E-state index contributed by atoms with van der Waals surface area (Å²) in [5.41, 5.74) is 1.79. The van der Waals surface area contributed by atoms with Gasteiger partial charge in [-0.2, -0.15) is 0 Å². The number of amides is 1. The minimum atomic E-state index is 0.0749. The number of aromatic nitrogens is 2. The molecule has 0 radical (unpaired) electrons. The third-order valence-corrected chi connectivity index (χ3v) is 4.58. The van der Waals surface area contributed by atoms with E-state index in [-0.39, 0.29) is 19.1 Å². The van der Waals surface area contributed by atoms with Gasteiger partial charge in [0.05, 0.1) is 11.0 Å². The summed E-state index contributed by atoms with van der Waals surface area (Å²) in [5.74, 6) is 1.51. The SMILES string of the molecule is CCN(CC)C(=O)Cn1c(COc2ccc(Cl)cc2)nc2ccccc21. The van der Waals surface area contributed by atoms with Gasteiger partial charge in [0.1, 0.15) is 24.7 Å². The Bertz CT molecular complexity index is 886. The lowest BCUT2D eigenvalue weighted by molar-refractivity contribution is -0.131. The first-order valence-electron chi connectivity index (χ1n) is 8.72. The van der Waals surface area contributed by atoms with E-state index >= 15 is 0 Å². The Hall–Kier alpha value is -2.53. The van der Waals surface area contributed by atoms with Gasteiger partial charge in [0.15, 0.2) is 0 Å². The molecule has 0 aliphatic rings. The first-order valence-corrected chi connectivity index (χ1v) is 9.10. The van der Waals surface area contributed by atoms with E-state index in [1.807, 2.05) is 59.7 Å². The molecule has 6 heteroatoms. The van der Waals surface area contributed by atoms with Crippen LogP contribution in [0.25, 0.3) is 11.0 Å². The van der Waals surface area contributed by atoms with E-state index < -0.39 is 0 Å². The third-order valence-electron chi connectivity index (χ3n) is 4.32. The highest BCUT2D eigenvalue weighted by Crippen LogP contribution is 2.20. The lowest BCUT2D eigenvalue weighted by atomic mass is 10.3. The zero-order chi connectivity index (χ0) is 18.5. The smallest absolute Gasteiger partial charge is 0.242 e. The monoisotopic (exact) mass is 371 g/mol. The molecule has 0 bridgehead atoms. The number of carbonyl (C=O) groups excluding carboxylic acids is 1. The van der Waals surface area contributed by atoms with E-state index in [0.717, 1.165) is 16.9 Å². The van der Waals surface area contributed by atoms with E-state index in [9.17, 15) is 4.79 Å². The molecule has 2 aromatic carbocycles. The summed E-state index contributed by atoms with van der Waals surface area (Å²) in [4.78, 5) is 19.1. The van der Waals surface area contributed by atoms with Gasteiger partial charge in [-0.05, 0) is 50.2 Å². The number of imidazole rings is 1. The maximum Gasteiger partial charge on any atom is 0.242 e. The molecule has 0 atom stereocenters. The normalized spacial score (nSPS) is 10.9. The number of likely N-dealkylation sites (N-methyl/N-ethyl adjacent to an activating group) is 1. The molecule has 5 nitrogen and oxygen atoms in total. The second-order valence-electron chi connectivity index (χ2n) is 5.91. The zero-order valence-corrected chi connectivity index (χ0v) is 15.7. The van der Waals surface area contributed by atoms with Crippen molar-refractivity contribution in [3.8, 4) is 5.75 Å². The lowest BCUT2D eigenvalue weighted by Crippen LogP contribution is -2.33. The molecule has 1 amide bonds. The maximum atomic E-state index is 12.6. The molecule has 0 aliphatic carbocycles. The Balaban J connectivity index is 1.86. The van der Waals surface area contributed by atoms with Gasteiger partial charge >= 0.3 is 0 Å². The van der Waals surface area contributed by atoms with Crippen molar-refractivity contribution in [1.29, 1.82) is 0 Å². The van der Waals surface area contributed by atoms with Crippen LogP contribution >= 0.6 is 11.6 Å². The van der Waals surface area contributed by atoms with Gasteiger partial charge in [0, 0.05) is 18.1 Å². The maximum absolute atomic E-state index is 12.6. The Morgan fingerprint density at radius 3 is 2.50 bits per heavy atom. The minimum Gasteiger partial charge on any atom is -0.486 e. The predicted octanol–water partition coefficient (Wildman–Crippen LogP) is 4.14. The van der Waals surface area contributed by atoms with Crippen LogP contribution in [0.1, 0.15) is 19.7 Å². The molecule has 136 valence electrons. The van der Waals surface area contributed by atoms with Gasteiger partial charge in [-0.1, -0.05) is 23.7 Å². The molecule has 3 rings (SSSR count). The van der Waals surface area contributed by atoms with Crippen molar-refractivity contribution in [2.45, 2.75) is 27.0 Å². The summed E-state index contributed by atoms with van der Waals surface area (Å²) >= 11 is 5.91. The van der Waals surface area contributed by atoms with Crippen LogP contribution in [-0.2, 0) is 17.9 Å². The second-order valence-corrected chi connectivity index (χ2v) is 6.35. The third kappa shape index (κ3) is 3.99. The van der Waals surface area contributed by atoms with Crippen LogP contribution in [0.3, 0.4) is 0 Å². The fourth-order valence-electron chi connectivity index (χ4n) is 2.90. The van der Waals surface area contributed by atoms with Crippen LogP contribution in [-0.4, -0.2) is 33.4 Å². The molecule has 1 aromatic heterocycles. The van der Waals surface area contributed by atoms with Crippen LogP contribution in [0.2, 0.25) is 5.02 Å². The number of nitrogens with zero attached hydrogens (tertiary/aromatic N) is 3. The number of rotatable bonds is 7. The van der Waals surface area contributed by atoms with Crippen molar-refractivity contribution < 1.29 is 9.53 Å². The zero-order valence-electron chi connectivity index (χ0n) is 15.0. The second kappa shape index (κ2) is 8.23. The number of para-hydroxylation sites is 2. The highest BCUT2D eigenvalue weighted by Gasteiger charge is 2.17. The predicted molar refractivity (Wildman–Crippen MR) is 103 cm³/mol. The van der Waals surface area contributed by atoms with E-state index in [2.05, 4.69) is 4.98 Å². The first kappa shape index (κ1) is 18.3. The number of hydrogen-bond acceptors (Lipinski definition) is 3. The van der Waals surface area contributed by atoms with Crippen LogP contribution in [0, 0.1) is 0 Å². The van der Waals surface area contributed by atoms with E-state index in [0.29, 0.717) is 23.9 Å². The molecule has 0 spiro atoms. The van der Waals surface area contributed by atoms with Gasteiger partial charge in [-0.3, -0.25) is 4.79 Å². The Morgan fingerprint density at radius 2 is 1.81 bits per heavy atom. The average molecular weight is 372 g/mol. The molecular formula is C20H22ClN3O2. The minimum absolute atomic E-state index is 0.0749. The van der Waals surface area contributed by atoms with Crippen molar-refractivity contribution in [3.63, 3.8) is 0 Å². The summed E-state index contributed by atoms with van der Waals surface area (Å²) in [6.07, 6.45) is 0. The summed E-state index contributed by atoms with van der Waals surface area (Å²) < 4.78 is 7.78. The van der Waals surface area contributed by atoms with Crippen molar-refractivity contribution in [2.75, 3.05) is 13.1 Å². The Kier molecular flexibility index (Phi) is 5.78. The van der Waals surface area contributed by atoms with Crippen LogP contribution in [0.15, 0.2) is 48.5 Å². The fourth-order valence-corrected chi connectivity index (χ4v) is 3.03. The Morgan fingerprint density at radius 1 is 1.12 bits per heavy atom. The van der Waals surface area contributed by atoms with E-state index in [1.54, 1.807) is 12.1 Å². The number of hydrogen-bond donors (Lipinski definition) is 0. The quantitative estimate of drug-likeness (QED) is 0.627. The molecule has 0 fully saturated rings. The molecule has 3 aromatic rings. The fraction of sp³-hybridized carbons (Fsp3) is 0.300. The van der Waals surface area contributed by atoms with Crippen molar-refractivity contribution >= 4 is 28.5 Å². The van der Waals surface area contributed by atoms with Crippen molar-refractivity contribution in [1.82, 2.24) is 14.5 Å². The van der Waals surface area contributed by atoms with Crippen LogP contribution < -0.4 is 4.74 Å². The molecule has 26 heavy (non-hydrogen) atoms. The largest absolute Gasteiger partial charge is 0.486 e. The summed E-state index contributed by atoms with van der Waals surface area (Å²) in [6, 6.07) is 15.0. The summed E-state index contributed by atoms with van der Waals surface area (Å²) in [5, 5.41) is 0.661. The number of fused-ring (bicyclic) bond motifs is 1. The molecule has 0 unspecified atom stereocenters. The molecule has 0 saturated heterocycles. The van der Waals surface area contributed by atoms with Crippen molar-refractivity contribution in [3.05, 3.63) is 59.4 Å². The lowest BCUT2D eigenvalue weighted by Gasteiger charge is -2.20. The highest BCUT2D eigenvalue weighted by atomic mass is 35.5. The van der Waals surface area contributed by atoms with E-state index in [1.165, 1.54) is 0 Å². The number of ether oxygens (including phenoxy) is 1. The van der Waals surface area contributed by atoms with Gasteiger partial charge in [-0.15, -0.1) is 0 Å². The molecule has 1 heterocycles. The van der Waals surface area contributed by atoms with E-state index in [4.69, 9.17) is 16.3 Å². The summed E-state index contributed by atoms with van der Waals surface area (Å²) in [7, 11) is 0. The topological polar surface area (TPSA) is 47.4 Å². The molecule has 0 N–H and O–H groups in total. The molecular weight excluding hydrogens is 350 g/mol. The van der Waals surface area contributed by atoms with Crippen molar-refractivity contribution in [2.24, 2.45) is 0 Å². The molecule has 0 aliphatic heterocycles. The van der Waals surface area contributed by atoms with Crippen LogP contribution in [0.5, 0.6) is 5.75 Å². The van der Waals surface area contributed by atoms with Gasteiger partial charge in [-0.25, -0.2) is 4.98 Å². The standard InChI is InChI=1S/C20H22ClN3O2/c1-3-23(4-2)20(25)13-24-18-8-6-5-7-17(18)22-19(24)14-26-16-11-9-15(21)10-12-16/h5-12H,3-4,13-14H2,1-2H3. The van der Waals surface area contributed by atoms with Gasteiger partial charge in [0.25, 0.3) is 0 Å². The number of halogens is 1. The summed E-state index contributed by atoms with van der Waals surface area (Å²) in [6.45, 7) is 5.89. The number of carbonyl (C=O) groups is 1. The number of benzene rings is 2. The van der Waals surface area contributed by atoms with Crippen LogP contribution in [0.4, 0.5) is 0 Å². The van der Waals surface area contributed by atoms with Gasteiger partial charge < -0.3 is 14.2 Å². The molecule has 0 saturated carbocycles. The van der Waals surface area contributed by atoms with Gasteiger partial charge in [0.2, 0.25) is 5.91 Å². The average Bonchev–Trinajstić information content (AvgIpc) is 3.00. The Labute approximate surface area is 158 Å².